The third kappa shape index (κ3) is 2.43. The number of anilines is 1. The number of aryl methyl sites for hydroxylation is 1. The van der Waals surface area contributed by atoms with Crippen molar-refractivity contribution in [3.63, 3.8) is 0 Å². The first-order valence-electron chi connectivity index (χ1n) is 4.55. The van der Waals surface area contributed by atoms with Crippen LogP contribution in [0.15, 0.2) is 15.9 Å². The maximum absolute atomic E-state index is 8.96. The van der Waals surface area contributed by atoms with Gasteiger partial charge in [0.1, 0.15) is 16.6 Å². The molecule has 0 radical (unpaired) electrons. The second-order valence-electron chi connectivity index (χ2n) is 3.14. The fraction of sp³-hybridized carbons (Fsp3) is 0.200. The molecule has 2 aromatic rings. The molecule has 0 aliphatic carbocycles. The van der Waals surface area contributed by atoms with Crippen molar-refractivity contribution in [1.29, 1.82) is 5.26 Å². The highest BCUT2D eigenvalue weighted by Crippen LogP contribution is 2.26. The van der Waals surface area contributed by atoms with Gasteiger partial charge in [-0.1, -0.05) is 0 Å². The summed E-state index contributed by atoms with van der Waals surface area (Å²) in [4.78, 5) is 1.22. The van der Waals surface area contributed by atoms with Crippen LogP contribution in [0.5, 0.6) is 0 Å². The van der Waals surface area contributed by atoms with E-state index in [1.807, 2.05) is 13.0 Å². The van der Waals surface area contributed by atoms with Crippen LogP contribution in [-0.2, 0) is 6.54 Å². The Morgan fingerprint density at radius 1 is 1.56 bits per heavy atom. The molecule has 0 bridgehead atoms. The third-order valence-electron chi connectivity index (χ3n) is 2.03. The zero-order valence-electron chi connectivity index (χ0n) is 8.45. The van der Waals surface area contributed by atoms with E-state index in [0.717, 1.165) is 21.0 Å². The molecule has 0 spiro atoms. The summed E-state index contributed by atoms with van der Waals surface area (Å²) >= 11 is 6.44. The van der Waals surface area contributed by atoms with Gasteiger partial charge in [-0.25, -0.2) is 0 Å². The smallest absolute Gasteiger partial charge is 0.128 e. The van der Waals surface area contributed by atoms with Crippen LogP contribution in [0.1, 0.15) is 16.1 Å². The average Bonchev–Trinajstić information content (AvgIpc) is 2.82. The Kier molecular flexibility index (Phi) is 3.59. The third-order valence-corrected chi connectivity index (χ3v) is 4.55. The molecule has 0 saturated heterocycles. The predicted molar refractivity (Wildman–Crippen MR) is 70.9 cm³/mol. The molecule has 0 aliphatic rings. The number of nitriles is 1. The molecule has 82 valence electrons. The number of aromatic nitrogens is 1. The number of halogens is 1. The summed E-state index contributed by atoms with van der Waals surface area (Å²) in [6.07, 6.45) is 0. The molecule has 16 heavy (non-hydrogen) atoms. The summed E-state index contributed by atoms with van der Waals surface area (Å²) in [5.41, 5.74) is 1.45. The summed E-state index contributed by atoms with van der Waals surface area (Å²) in [7, 11) is 0. The molecule has 0 atom stereocenters. The van der Waals surface area contributed by atoms with E-state index in [1.165, 1.54) is 16.4 Å². The molecule has 2 heterocycles. The van der Waals surface area contributed by atoms with Gasteiger partial charge >= 0.3 is 0 Å². The van der Waals surface area contributed by atoms with Crippen molar-refractivity contribution >= 4 is 43.8 Å². The van der Waals surface area contributed by atoms with Crippen molar-refractivity contribution in [2.24, 2.45) is 0 Å². The molecular formula is C10H8BrN3S2. The van der Waals surface area contributed by atoms with Gasteiger partial charge in [0.2, 0.25) is 0 Å². The molecule has 0 unspecified atom stereocenters. The van der Waals surface area contributed by atoms with Crippen LogP contribution in [0, 0.1) is 18.3 Å². The summed E-state index contributed by atoms with van der Waals surface area (Å²) in [5.74, 6) is 0. The lowest BCUT2D eigenvalue weighted by Gasteiger charge is -2.00. The Bertz CT molecular complexity index is 538. The van der Waals surface area contributed by atoms with Crippen molar-refractivity contribution in [2.75, 3.05) is 5.32 Å². The van der Waals surface area contributed by atoms with Gasteiger partial charge in [0.15, 0.2) is 0 Å². The summed E-state index contributed by atoms with van der Waals surface area (Å²) < 4.78 is 5.27. The molecule has 3 nitrogen and oxygen atoms in total. The van der Waals surface area contributed by atoms with Crippen molar-refractivity contribution in [2.45, 2.75) is 13.5 Å². The highest BCUT2D eigenvalue weighted by Gasteiger charge is 2.09. The molecule has 2 aromatic heterocycles. The fourth-order valence-electron chi connectivity index (χ4n) is 1.24. The maximum atomic E-state index is 8.96. The molecular weight excluding hydrogens is 306 g/mol. The highest BCUT2D eigenvalue weighted by molar-refractivity contribution is 9.11. The van der Waals surface area contributed by atoms with E-state index in [4.69, 9.17) is 5.26 Å². The Morgan fingerprint density at radius 2 is 2.38 bits per heavy atom. The van der Waals surface area contributed by atoms with Gasteiger partial charge in [-0.15, -0.1) is 11.3 Å². The quantitative estimate of drug-likeness (QED) is 0.938. The molecule has 1 N–H and O–H groups in total. The van der Waals surface area contributed by atoms with Gasteiger partial charge in [-0.2, -0.15) is 9.64 Å². The van der Waals surface area contributed by atoms with E-state index in [0.29, 0.717) is 5.56 Å². The highest BCUT2D eigenvalue weighted by atomic mass is 79.9. The lowest BCUT2D eigenvalue weighted by Crippen LogP contribution is -1.96. The predicted octanol–water partition coefficient (Wildman–Crippen LogP) is 3.76. The van der Waals surface area contributed by atoms with Gasteiger partial charge in [-0.05, 0) is 46.5 Å². The van der Waals surface area contributed by atoms with Crippen molar-refractivity contribution < 1.29 is 0 Å². The average molecular weight is 314 g/mol. The lowest BCUT2D eigenvalue weighted by molar-refractivity contribution is 1.20. The van der Waals surface area contributed by atoms with Crippen LogP contribution in [-0.4, -0.2) is 4.37 Å². The van der Waals surface area contributed by atoms with Crippen LogP contribution in [0.2, 0.25) is 0 Å². The summed E-state index contributed by atoms with van der Waals surface area (Å²) in [6, 6.07) is 6.24. The number of thiophene rings is 1. The standard InChI is InChI=1S/C10H8BrN3S2/c1-6-8(4-12)10(16-14-6)13-5-7-2-3-9(11)15-7/h2-3,13H,5H2,1H3. The molecule has 0 fully saturated rings. The van der Waals surface area contributed by atoms with Crippen molar-refractivity contribution in [1.82, 2.24) is 4.37 Å². The van der Waals surface area contributed by atoms with Crippen LogP contribution < -0.4 is 5.32 Å². The number of hydrogen-bond acceptors (Lipinski definition) is 5. The van der Waals surface area contributed by atoms with Crippen LogP contribution in [0.25, 0.3) is 0 Å². The zero-order valence-corrected chi connectivity index (χ0v) is 11.7. The van der Waals surface area contributed by atoms with Crippen molar-refractivity contribution in [3.05, 3.63) is 32.1 Å². The second kappa shape index (κ2) is 4.95. The van der Waals surface area contributed by atoms with Gasteiger partial charge < -0.3 is 5.32 Å². The van der Waals surface area contributed by atoms with E-state index in [1.54, 1.807) is 11.3 Å². The summed E-state index contributed by atoms with van der Waals surface area (Å²) in [6.45, 7) is 2.58. The topological polar surface area (TPSA) is 48.7 Å². The van der Waals surface area contributed by atoms with E-state index >= 15 is 0 Å². The van der Waals surface area contributed by atoms with Crippen molar-refractivity contribution in [3.8, 4) is 6.07 Å². The Balaban J connectivity index is 2.08. The van der Waals surface area contributed by atoms with Gasteiger partial charge in [0.05, 0.1) is 16.0 Å². The first kappa shape index (κ1) is 11.6. The summed E-state index contributed by atoms with van der Waals surface area (Å²) in [5, 5.41) is 13.1. The SMILES string of the molecule is Cc1nsc(NCc2ccc(Br)s2)c1C#N. The van der Waals surface area contributed by atoms with Gasteiger partial charge in [0.25, 0.3) is 0 Å². The van der Waals surface area contributed by atoms with E-state index < -0.39 is 0 Å². The Hall–Kier alpha value is -0.900. The van der Waals surface area contributed by atoms with E-state index in [-0.39, 0.29) is 0 Å². The minimum Gasteiger partial charge on any atom is -0.370 e. The van der Waals surface area contributed by atoms with E-state index in [9.17, 15) is 0 Å². The first-order valence-corrected chi connectivity index (χ1v) is 6.93. The zero-order chi connectivity index (χ0) is 11.5. The van der Waals surface area contributed by atoms with Crippen LogP contribution in [0.3, 0.4) is 0 Å². The minimum absolute atomic E-state index is 0.653. The number of nitrogens with zero attached hydrogens (tertiary/aromatic N) is 2. The Labute approximate surface area is 110 Å². The number of rotatable bonds is 3. The maximum Gasteiger partial charge on any atom is 0.128 e. The molecule has 2 rings (SSSR count). The molecule has 6 heteroatoms. The molecule has 0 saturated carbocycles. The monoisotopic (exact) mass is 313 g/mol. The first-order chi connectivity index (χ1) is 7.70. The number of hydrogen-bond donors (Lipinski definition) is 1. The van der Waals surface area contributed by atoms with Crippen LogP contribution in [0.4, 0.5) is 5.00 Å². The Morgan fingerprint density at radius 3 is 3.00 bits per heavy atom. The molecule has 0 amide bonds. The van der Waals surface area contributed by atoms with Gasteiger partial charge in [-0.3, -0.25) is 0 Å². The molecule has 0 aliphatic heterocycles. The second-order valence-corrected chi connectivity index (χ2v) is 6.46. The largest absolute Gasteiger partial charge is 0.370 e. The molecule has 0 aromatic carbocycles. The normalized spacial score (nSPS) is 10.1. The van der Waals surface area contributed by atoms with E-state index in [2.05, 4.69) is 37.8 Å². The van der Waals surface area contributed by atoms with Crippen LogP contribution >= 0.6 is 38.8 Å². The number of nitrogens with one attached hydrogen (secondary N) is 1. The lowest BCUT2D eigenvalue weighted by atomic mass is 10.3. The fourth-order valence-corrected chi connectivity index (χ4v) is 3.40. The van der Waals surface area contributed by atoms with Gasteiger partial charge in [0, 0.05) is 4.88 Å². The minimum atomic E-state index is 0.653.